The van der Waals surface area contributed by atoms with Crippen molar-refractivity contribution in [2.45, 2.75) is 25.3 Å². The van der Waals surface area contributed by atoms with Crippen LogP contribution in [0, 0.1) is 24.5 Å². The van der Waals surface area contributed by atoms with Gasteiger partial charge < -0.3 is 5.32 Å². The molecule has 2 aromatic carbocycles. The molecule has 0 fully saturated rings. The van der Waals surface area contributed by atoms with Gasteiger partial charge in [0.15, 0.2) is 0 Å². The van der Waals surface area contributed by atoms with E-state index >= 15 is 0 Å². The standard InChI is InChI=1S/C19H17F2N/c1-11-5-7-12(8-6-11)18-15-4-2-3-14(15)16-9-13(20)10-17(21)19(16)22-18/h2-3,5-10,14-15,18,22H,4H2,1H3/t14-,15-,18-/m0/s1. The highest BCUT2D eigenvalue weighted by atomic mass is 19.1. The van der Waals surface area contributed by atoms with Gasteiger partial charge in [0, 0.05) is 12.0 Å². The molecule has 1 heterocycles. The molecule has 0 amide bonds. The number of halogens is 2. The summed E-state index contributed by atoms with van der Waals surface area (Å²) in [5.41, 5.74) is 3.53. The van der Waals surface area contributed by atoms with Crippen LogP contribution in [0.1, 0.15) is 35.1 Å². The minimum absolute atomic E-state index is 0.0491. The van der Waals surface area contributed by atoms with Gasteiger partial charge in [-0.15, -0.1) is 0 Å². The zero-order valence-electron chi connectivity index (χ0n) is 12.3. The third-order valence-corrected chi connectivity index (χ3v) is 4.82. The Morgan fingerprint density at radius 2 is 1.86 bits per heavy atom. The summed E-state index contributed by atoms with van der Waals surface area (Å²) in [5.74, 6) is -0.638. The average molecular weight is 297 g/mol. The second-order valence-electron chi connectivity index (χ2n) is 6.24. The molecule has 1 aliphatic carbocycles. The largest absolute Gasteiger partial charge is 0.375 e. The molecule has 3 atom stereocenters. The maximum Gasteiger partial charge on any atom is 0.149 e. The van der Waals surface area contributed by atoms with Crippen LogP contribution in [-0.4, -0.2) is 0 Å². The van der Waals surface area contributed by atoms with Crippen molar-refractivity contribution in [3.05, 3.63) is 76.9 Å². The highest BCUT2D eigenvalue weighted by Crippen LogP contribution is 2.50. The van der Waals surface area contributed by atoms with Gasteiger partial charge in [0.1, 0.15) is 11.6 Å². The van der Waals surface area contributed by atoms with Crippen LogP contribution in [0.4, 0.5) is 14.5 Å². The molecule has 1 N–H and O–H groups in total. The molecule has 1 nitrogen and oxygen atoms in total. The van der Waals surface area contributed by atoms with Gasteiger partial charge in [-0.05, 0) is 36.5 Å². The predicted molar refractivity (Wildman–Crippen MR) is 83.9 cm³/mol. The van der Waals surface area contributed by atoms with E-state index in [-0.39, 0.29) is 12.0 Å². The number of hydrogen-bond donors (Lipinski definition) is 1. The van der Waals surface area contributed by atoms with Crippen molar-refractivity contribution in [2.75, 3.05) is 5.32 Å². The lowest BCUT2D eigenvalue weighted by Crippen LogP contribution is -2.29. The molecule has 22 heavy (non-hydrogen) atoms. The number of hydrogen-bond acceptors (Lipinski definition) is 1. The topological polar surface area (TPSA) is 12.0 Å². The Morgan fingerprint density at radius 1 is 1.09 bits per heavy atom. The number of nitrogens with one attached hydrogen (secondary N) is 1. The van der Waals surface area contributed by atoms with Gasteiger partial charge in [0.05, 0.1) is 11.7 Å². The number of benzene rings is 2. The fraction of sp³-hybridized carbons (Fsp3) is 0.263. The summed E-state index contributed by atoms with van der Waals surface area (Å²) in [6, 6.07) is 10.8. The minimum Gasteiger partial charge on any atom is -0.375 e. The average Bonchev–Trinajstić information content (AvgIpc) is 2.97. The van der Waals surface area contributed by atoms with Crippen molar-refractivity contribution in [1.29, 1.82) is 0 Å². The smallest absolute Gasteiger partial charge is 0.149 e. The minimum atomic E-state index is -0.508. The molecule has 0 unspecified atom stereocenters. The Bertz CT molecular complexity index is 749. The molecule has 0 aromatic heterocycles. The zero-order chi connectivity index (χ0) is 15.3. The van der Waals surface area contributed by atoms with E-state index in [1.165, 1.54) is 11.6 Å². The van der Waals surface area contributed by atoms with E-state index in [4.69, 9.17) is 0 Å². The molecule has 0 saturated heterocycles. The van der Waals surface area contributed by atoms with Crippen LogP contribution in [0.25, 0.3) is 0 Å². The Morgan fingerprint density at radius 3 is 2.64 bits per heavy atom. The first-order chi connectivity index (χ1) is 10.6. The Labute approximate surface area is 128 Å². The van der Waals surface area contributed by atoms with Crippen molar-refractivity contribution in [2.24, 2.45) is 5.92 Å². The first kappa shape index (κ1) is 13.5. The number of anilines is 1. The zero-order valence-corrected chi connectivity index (χ0v) is 12.3. The van der Waals surface area contributed by atoms with Crippen molar-refractivity contribution in [3.8, 4) is 0 Å². The van der Waals surface area contributed by atoms with E-state index in [1.54, 1.807) is 0 Å². The molecule has 0 radical (unpaired) electrons. The summed E-state index contributed by atoms with van der Waals surface area (Å²) in [5, 5.41) is 3.32. The molecule has 2 aliphatic rings. The lowest BCUT2D eigenvalue weighted by atomic mass is 9.77. The first-order valence-corrected chi connectivity index (χ1v) is 7.62. The van der Waals surface area contributed by atoms with Crippen LogP contribution < -0.4 is 5.32 Å². The van der Waals surface area contributed by atoms with Crippen molar-refractivity contribution in [3.63, 3.8) is 0 Å². The second kappa shape index (κ2) is 4.94. The number of rotatable bonds is 1. The summed E-state index contributed by atoms with van der Waals surface area (Å²) in [4.78, 5) is 0. The van der Waals surface area contributed by atoms with Crippen molar-refractivity contribution >= 4 is 5.69 Å². The van der Waals surface area contributed by atoms with E-state index in [0.29, 0.717) is 11.6 Å². The van der Waals surface area contributed by atoms with E-state index < -0.39 is 11.6 Å². The van der Waals surface area contributed by atoms with Gasteiger partial charge in [-0.2, -0.15) is 0 Å². The maximum absolute atomic E-state index is 14.2. The van der Waals surface area contributed by atoms with Gasteiger partial charge in [0.2, 0.25) is 0 Å². The maximum atomic E-state index is 14.2. The second-order valence-corrected chi connectivity index (χ2v) is 6.24. The van der Waals surface area contributed by atoms with Crippen LogP contribution >= 0.6 is 0 Å². The highest BCUT2D eigenvalue weighted by Gasteiger charge is 2.39. The molecular weight excluding hydrogens is 280 g/mol. The normalized spacial score (nSPS) is 25.5. The quantitative estimate of drug-likeness (QED) is 0.722. The van der Waals surface area contributed by atoms with Gasteiger partial charge in [-0.25, -0.2) is 8.78 Å². The summed E-state index contributed by atoms with van der Waals surface area (Å²) < 4.78 is 27.8. The molecule has 0 saturated carbocycles. The fourth-order valence-corrected chi connectivity index (χ4v) is 3.72. The molecule has 4 rings (SSSR count). The summed E-state index contributed by atoms with van der Waals surface area (Å²) in [7, 11) is 0. The summed E-state index contributed by atoms with van der Waals surface area (Å²) in [6.45, 7) is 2.05. The van der Waals surface area contributed by atoms with Crippen LogP contribution in [0.3, 0.4) is 0 Å². The molecule has 3 heteroatoms. The van der Waals surface area contributed by atoms with Crippen LogP contribution in [-0.2, 0) is 0 Å². The van der Waals surface area contributed by atoms with Crippen LogP contribution in [0.2, 0.25) is 0 Å². The summed E-state index contributed by atoms with van der Waals surface area (Å²) in [6.07, 6.45) is 5.13. The predicted octanol–water partition coefficient (Wildman–Crippen LogP) is 5.10. The molecular formula is C19H17F2N. The van der Waals surface area contributed by atoms with E-state index in [1.807, 2.05) is 0 Å². The van der Waals surface area contributed by atoms with Gasteiger partial charge in [-0.1, -0.05) is 42.0 Å². The van der Waals surface area contributed by atoms with E-state index in [2.05, 4.69) is 48.7 Å². The lowest BCUT2D eigenvalue weighted by molar-refractivity contribution is 0.418. The third-order valence-electron chi connectivity index (χ3n) is 4.82. The Balaban J connectivity index is 1.82. The molecule has 1 aliphatic heterocycles. The van der Waals surface area contributed by atoms with Gasteiger partial charge in [-0.3, -0.25) is 0 Å². The van der Waals surface area contributed by atoms with Gasteiger partial charge in [0.25, 0.3) is 0 Å². The number of allylic oxidation sites excluding steroid dienone is 2. The monoisotopic (exact) mass is 297 g/mol. The van der Waals surface area contributed by atoms with Crippen LogP contribution in [0.5, 0.6) is 0 Å². The molecule has 112 valence electrons. The molecule has 0 bridgehead atoms. The van der Waals surface area contributed by atoms with Crippen LogP contribution in [0.15, 0.2) is 48.6 Å². The SMILES string of the molecule is Cc1ccc([C@@H]2Nc3c(F)cc(F)cc3[C@H]3C=CC[C@@H]32)cc1. The van der Waals surface area contributed by atoms with E-state index in [9.17, 15) is 8.78 Å². The van der Waals surface area contributed by atoms with Crippen molar-refractivity contribution < 1.29 is 8.78 Å². The first-order valence-electron chi connectivity index (χ1n) is 7.62. The Hall–Kier alpha value is -2.16. The van der Waals surface area contributed by atoms with Crippen molar-refractivity contribution in [1.82, 2.24) is 0 Å². The fourth-order valence-electron chi connectivity index (χ4n) is 3.72. The number of fused-ring (bicyclic) bond motifs is 3. The third kappa shape index (κ3) is 2.04. The summed E-state index contributed by atoms with van der Waals surface area (Å²) >= 11 is 0. The van der Waals surface area contributed by atoms with Gasteiger partial charge >= 0.3 is 0 Å². The van der Waals surface area contributed by atoms with E-state index in [0.717, 1.165) is 23.6 Å². The molecule has 2 aromatic rings. The number of aryl methyl sites for hydroxylation is 1. The highest BCUT2D eigenvalue weighted by molar-refractivity contribution is 5.60. The molecule has 0 spiro atoms. The lowest BCUT2D eigenvalue weighted by Gasteiger charge is -2.37. The Kier molecular flexibility index (Phi) is 3.03.